The molecule has 2 heterocycles. The number of para-hydroxylation sites is 2. The summed E-state index contributed by atoms with van der Waals surface area (Å²) in [4.78, 5) is 16.8. The normalized spacial score (nSPS) is 15.6. The number of carbonyl (C=O) groups excluding carboxylic acids is 1. The van der Waals surface area contributed by atoms with Crippen LogP contribution in [0.25, 0.3) is 5.69 Å². The largest absolute Gasteiger partial charge is 0.485 e. The highest BCUT2D eigenvalue weighted by Gasteiger charge is 2.27. The van der Waals surface area contributed by atoms with Gasteiger partial charge in [-0.15, -0.1) is 5.10 Å². The third kappa shape index (κ3) is 3.53. The molecule has 28 heavy (non-hydrogen) atoms. The zero-order valence-corrected chi connectivity index (χ0v) is 15.9. The van der Waals surface area contributed by atoms with E-state index in [9.17, 15) is 4.79 Å². The number of likely N-dealkylation sites (N-methyl/N-ethyl adjacent to an activating group) is 2. The van der Waals surface area contributed by atoms with Crippen LogP contribution in [-0.4, -0.2) is 63.8 Å². The molecule has 1 atom stereocenters. The zero-order valence-electron chi connectivity index (χ0n) is 15.9. The number of aromatic nitrogens is 4. The smallest absolute Gasteiger partial charge is 0.253 e. The number of fused-ring (bicyclic) bond motifs is 1. The Kier molecular flexibility index (Phi) is 4.92. The number of benzene rings is 2. The predicted molar refractivity (Wildman–Crippen MR) is 105 cm³/mol. The van der Waals surface area contributed by atoms with Crippen molar-refractivity contribution < 1.29 is 9.53 Å². The summed E-state index contributed by atoms with van der Waals surface area (Å²) in [7, 11) is 1.80. The number of nitrogens with zero attached hydrogens (tertiary/aromatic N) is 6. The van der Waals surface area contributed by atoms with Crippen LogP contribution in [0.1, 0.15) is 17.3 Å². The molecular formula is C20H22N6O2. The summed E-state index contributed by atoms with van der Waals surface area (Å²) >= 11 is 0. The van der Waals surface area contributed by atoms with Crippen LogP contribution >= 0.6 is 0 Å². The minimum Gasteiger partial charge on any atom is -0.485 e. The van der Waals surface area contributed by atoms with Gasteiger partial charge in [0.05, 0.1) is 24.5 Å². The van der Waals surface area contributed by atoms with E-state index >= 15 is 0 Å². The third-order valence-electron chi connectivity index (χ3n) is 4.86. The summed E-state index contributed by atoms with van der Waals surface area (Å²) in [5.41, 5.74) is 2.52. The molecule has 0 bridgehead atoms. The van der Waals surface area contributed by atoms with Gasteiger partial charge in [-0.1, -0.05) is 12.1 Å². The van der Waals surface area contributed by atoms with Crippen molar-refractivity contribution in [1.82, 2.24) is 25.1 Å². The average molecular weight is 378 g/mol. The fourth-order valence-electron chi connectivity index (χ4n) is 3.42. The van der Waals surface area contributed by atoms with Crippen molar-refractivity contribution in [3.05, 3.63) is 60.4 Å². The first-order valence-electron chi connectivity index (χ1n) is 9.25. The number of rotatable bonds is 5. The molecule has 0 fully saturated rings. The minimum absolute atomic E-state index is 0.0474. The van der Waals surface area contributed by atoms with Gasteiger partial charge < -0.3 is 14.5 Å². The van der Waals surface area contributed by atoms with Gasteiger partial charge in [0, 0.05) is 19.2 Å². The molecule has 1 aliphatic heterocycles. The van der Waals surface area contributed by atoms with Crippen molar-refractivity contribution in [3.63, 3.8) is 0 Å². The molecule has 144 valence electrons. The van der Waals surface area contributed by atoms with Crippen LogP contribution < -0.4 is 9.64 Å². The van der Waals surface area contributed by atoms with Gasteiger partial charge in [0.25, 0.3) is 5.91 Å². The molecule has 1 aromatic heterocycles. The second-order valence-electron chi connectivity index (χ2n) is 6.73. The van der Waals surface area contributed by atoms with Crippen molar-refractivity contribution in [2.45, 2.75) is 13.0 Å². The standard InChI is InChI=1S/C20H22N6O2/c1-3-25-13-17(28-19-7-5-4-6-18(19)25)12-24(2)20(27)15-8-10-16(11-9-15)26-14-21-22-23-26/h4-11,14,17H,3,12-13H2,1-2H3. The molecule has 1 amide bonds. The Morgan fingerprint density at radius 3 is 2.71 bits per heavy atom. The molecule has 3 aromatic rings. The van der Waals surface area contributed by atoms with Crippen LogP contribution in [0.4, 0.5) is 5.69 Å². The van der Waals surface area contributed by atoms with E-state index in [1.807, 2.05) is 30.3 Å². The molecule has 0 aliphatic carbocycles. The van der Waals surface area contributed by atoms with E-state index in [4.69, 9.17) is 4.74 Å². The van der Waals surface area contributed by atoms with Crippen LogP contribution in [0, 0.1) is 0 Å². The Morgan fingerprint density at radius 2 is 2.00 bits per heavy atom. The molecule has 0 saturated carbocycles. The number of tetrazole rings is 1. The average Bonchev–Trinajstić information content (AvgIpc) is 3.27. The molecule has 1 unspecified atom stereocenters. The van der Waals surface area contributed by atoms with E-state index in [0.29, 0.717) is 12.1 Å². The summed E-state index contributed by atoms with van der Waals surface area (Å²) in [6, 6.07) is 15.2. The van der Waals surface area contributed by atoms with Crippen molar-refractivity contribution in [3.8, 4) is 11.4 Å². The maximum Gasteiger partial charge on any atom is 0.253 e. The van der Waals surface area contributed by atoms with Gasteiger partial charge in [0.15, 0.2) is 0 Å². The summed E-state index contributed by atoms with van der Waals surface area (Å²) in [6.45, 7) is 4.29. The number of amides is 1. The molecule has 0 radical (unpaired) electrons. The summed E-state index contributed by atoms with van der Waals surface area (Å²) in [5, 5.41) is 11.1. The van der Waals surface area contributed by atoms with E-state index in [1.165, 1.54) is 6.33 Å². The van der Waals surface area contributed by atoms with Gasteiger partial charge in [0.2, 0.25) is 0 Å². The van der Waals surface area contributed by atoms with Crippen LogP contribution in [-0.2, 0) is 0 Å². The molecule has 0 saturated heterocycles. The number of anilines is 1. The zero-order chi connectivity index (χ0) is 19.5. The SMILES string of the molecule is CCN1CC(CN(C)C(=O)c2ccc(-n3cnnn3)cc2)Oc2ccccc21. The fraction of sp³-hybridized carbons (Fsp3) is 0.300. The van der Waals surface area contributed by atoms with Crippen LogP contribution in [0.2, 0.25) is 0 Å². The van der Waals surface area contributed by atoms with Gasteiger partial charge >= 0.3 is 0 Å². The molecule has 0 spiro atoms. The van der Waals surface area contributed by atoms with Gasteiger partial charge in [-0.25, -0.2) is 4.68 Å². The maximum absolute atomic E-state index is 12.8. The van der Waals surface area contributed by atoms with Gasteiger partial charge in [0.1, 0.15) is 18.2 Å². The van der Waals surface area contributed by atoms with Crippen molar-refractivity contribution in [1.29, 1.82) is 0 Å². The Labute approximate surface area is 163 Å². The van der Waals surface area contributed by atoms with E-state index in [-0.39, 0.29) is 12.0 Å². The Balaban J connectivity index is 1.43. The first-order chi connectivity index (χ1) is 13.7. The lowest BCUT2D eigenvalue weighted by molar-refractivity contribution is 0.0709. The van der Waals surface area contributed by atoms with Crippen molar-refractivity contribution in [2.24, 2.45) is 0 Å². The highest BCUT2D eigenvalue weighted by molar-refractivity contribution is 5.94. The lowest BCUT2D eigenvalue weighted by Crippen LogP contribution is -2.46. The van der Waals surface area contributed by atoms with Gasteiger partial charge in [-0.3, -0.25) is 4.79 Å². The van der Waals surface area contributed by atoms with Crippen LogP contribution in [0.15, 0.2) is 54.9 Å². The lowest BCUT2D eigenvalue weighted by atomic mass is 10.1. The molecule has 2 aromatic carbocycles. The van der Waals surface area contributed by atoms with Crippen molar-refractivity contribution >= 4 is 11.6 Å². The molecule has 1 aliphatic rings. The third-order valence-corrected chi connectivity index (χ3v) is 4.86. The summed E-state index contributed by atoms with van der Waals surface area (Å²) < 4.78 is 7.67. The molecule has 8 nitrogen and oxygen atoms in total. The van der Waals surface area contributed by atoms with Crippen molar-refractivity contribution in [2.75, 3.05) is 31.6 Å². The maximum atomic E-state index is 12.8. The fourth-order valence-corrected chi connectivity index (χ4v) is 3.42. The quantitative estimate of drug-likeness (QED) is 0.676. The molecule has 4 rings (SSSR count). The Hall–Kier alpha value is -3.42. The Bertz CT molecular complexity index is 942. The lowest BCUT2D eigenvalue weighted by Gasteiger charge is -2.37. The second kappa shape index (κ2) is 7.67. The van der Waals surface area contributed by atoms with E-state index in [2.05, 4.69) is 33.4 Å². The number of carbonyl (C=O) groups is 1. The highest BCUT2D eigenvalue weighted by atomic mass is 16.5. The number of hydrogen-bond acceptors (Lipinski definition) is 6. The second-order valence-corrected chi connectivity index (χ2v) is 6.73. The van der Waals surface area contributed by atoms with E-state index in [0.717, 1.165) is 30.2 Å². The first-order valence-corrected chi connectivity index (χ1v) is 9.25. The number of hydrogen-bond donors (Lipinski definition) is 0. The summed E-state index contributed by atoms with van der Waals surface area (Å²) in [5.74, 6) is 0.820. The van der Waals surface area contributed by atoms with Crippen LogP contribution in [0.3, 0.4) is 0 Å². The van der Waals surface area contributed by atoms with Crippen LogP contribution in [0.5, 0.6) is 5.75 Å². The van der Waals surface area contributed by atoms with Gasteiger partial charge in [-0.2, -0.15) is 0 Å². The monoisotopic (exact) mass is 378 g/mol. The summed E-state index contributed by atoms with van der Waals surface area (Å²) in [6.07, 6.45) is 1.44. The van der Waals surface area contributed by atoms with Gasteiger partial charge in [-0.05, 0) is 53.7 Å². The molecule has 8 heteroatoms. The number of ether oxygens (including phenoxy) is 1. The minimum atomic E-state index is -0.0794. The Morgan fingerprint density at radius 1 is 1.21 bits per heavy atom. The highest BCUT2D eigenvalue weighted by Crippen LogP contribution is 2.32. The molecule has 0 N–H and O–H groups in total. The topological polar surface area (TPSA) is 76.4 Å². The first kappa shape index (κ1) is 18.0. The molecular weight excluding hydrogens is 356 g/mol. The van der Waals surface area contributed by atoms with E-state index < -0.39 is 0 Å². The van der Waals surface area contributed by atoms with E-state index in [1.54, 1.807) is 28.8 Å². The predicted octanol–water partition coefficient (Wildman–Crippen LogP) is 2.02.